The number of aldehydes is 2. The van der Waals surface area contributed by atoms with Crippen LogP contribution < -0.4 is 10.4 Å². The lowest BCUT2D eigenvalue weighted by atomic mass is 9.55. The third-order valence-electron chi connectivity index (χ3n) is 10.4. The van der Waals surface area contributed by atoms with E-state index < -0.39 is 26.4 Å². The summed E-state index contributed by atoms with van der Waals surface area (Å²) in [5.41, 5.74) is 0.670. The number of carbonyl (C=O) groups excluding carboxylic acids is 4. The molecule has 2 aliphatic carbocycles. The van der Waals surface area contributed by atoms with Crippen LogP contribution in [0.3, 0.4) is 0 Å². The minimum absolute atomic E-state index is 0.0366. The van der Waals surface area contributed by atoms with Gasteiger partial charge in [0.1, 0.15) is 25.3 Å². The Labute approximate surface area is 281 Å². The van der Waals surface area contributed by atoms with Crippen molar-refractivity contribution in [1.29, 1.82) is 0 Å². The van der Waals surface area contributed by atoms with Gasteiger partial charge < -0.3 is 23.5 Å². The van der Waals surface area contributed by atoms with Crippen molar-refractivity contribution in [2.24, 2.45) is 41.4 Å². The summed E-state index contributed by atoms with van der Waals surface area (Å²) in [7, 11) is -2.95. The van der Waals surface area contributed by atoms with Crippen LogP contribution in [0.2, 0.25) is 5.04 Å². The molecule has 0 aliphatic heterocycles. The quantitative estimate of drug-likeness (QED) is 0.121. The molecule has 0 spiro atoms. The van der Waals surface area contributed by atoms with Gasteiger partial charge in [-0.15, -0.1) is 0 Å². The second-order valence-electron chi connectivity index (χ2n) is 14.9. The van der Waals surface area contributed by atoms with Crippen LogP contribution in [0, 0.1) is 41.4 Å². The first-order valence-electron chi connectivity index (χ1n) is 17.0. The van der Waals surface area contributed by atoms with Gasteiger partial charge in [0.15, 0.2) is 0 Å². The smallest absolute Gasteiger partial charge is 0.303 e. The Hall–Kier alpha value is -3.36. The first-order chi connectivity index (χ1) is 22.2. The molecular formula is C39H52O7Si. The molecule has 254 valence electrons. The summed E-state index contributed by atoms with van der Waals surface area (Å²) in [4.78, 5) is 49.8. The highest BCUT2D eigenvalue weighted by atomic mass is 28.4. The summed E-state index contributed by atoms with van der Waals surface area (Å²) in [6.45, 7) is 15.4. The molecule has 2 aromatic carbocycles. The van der Waals surface area contributed by atoms with Crippen molar-refractivity contribution in [2.45, 2.75) is 85.5 Å². The molecule has 8 atom stereocenters. The fourth-order valence-electron chi connectivity index (χ4n) is 8.35. The minimum atomic E-state index is -2.95. The van der Waals surface area contributed by atoms with Crippen molar-refractivity contribution in [3.63, 3.8) is 0 Å². The fourth-order valence-corrected chi connectivity index (χ4v) is 13.1. The van der Waals surface area contributed by atoms with E-state index >= 15 is 0 Å². The van der Waals surface area contributed by atoms with Gasteiger partial charge in [-0.1, -0.05) is 108 Å². The number of ether oxygens (including phenoxy) is 2. The standard InChI is InChI=1S/C39H52O7Si/c1-25(2)36(23-41)34-19-29(24-44-27(4)42)38(45-28(5)43)37-33(26(3)22-40)20-30(21-35(34)37)46-47(39(6,7)8,31-15-11-9-12-16-31)32-17-13-10-14-18-32/h9-19,22-23,25-26,30,33-38H,20-21,24H2,1-8H3/t26-,30+,33-,34+,35+,36+,37+,38+/m0/s1. The van der Waals surface area contributed by atoms with E-state index in [1.54, 1.807) is 0 Å². The topological polar surface area (TPSA) is 96.0 Å². The Morgan fingerprint density at radius 2 is 1.45 bits per heavy atom. The zero-order chi connectivity index (χ0) is 34.5. The Balaban J connectivity index is 1.91. The number of benzene rings is 2. The number of rotatable bonds is 12. The van der Waals surface area contributed by atoms with Crippen molar-refractivity contribution >= 4 is 43.2 Å². The molecular weight excluding hydrogens is 609 g/mol. The maximum absolute atomic E-state index is 12.8. The number of hydrogen-bond acceptors (Lipinski definition) is 7. The van der Waals surface area contributed by atoms with Crippen molar-refractivity contribution in [3.8, 4) is 0 Å². The third kappa shape index (κ3) is 7.70. The van der Waals surface area contributed by atoms with E-state index in [0.29, 0.717) is 18.4 Å². The minimum Gasteiger partial charge on any atom is -0.461 e. The number of esters is 2. The molecule has 0 heterocycles. The normalized spacial score (nSPS) is 25.9. The van der Waals surface area contributed by atoms with Crippen LogP contribution in [0.15, 0.2) is 72.3 Å². The summed E-state index contributed by atoms with van der Waals surface area (Å²) in [5, 5.41) is 2.11. The molecule has 0 aromatic heterocycles. The summed E-state index contributed by atoms with van der Waals surface area (Å²) in [6.07, 6.45) is 4.34. The van der Waals surface area contributed by atoms with Crippen LogP contribution in [-0.2, 0) is 33.1 Å². The SMILES string of the molecule is CC(=O)OCC1=C[C@@H]([C@H](C=O)C(C)C)[C@H]2C[C@H](O[Si](c3ccccc3)(c3ccccc3)C(C)(C)C)C[C@@H]([C@@H](C)C=O)[C@H]2[C@@H]1OC(C)=O. The van der Waals surface area contributed by atoms with Crippen molar-refractivity contribution in [1.82, 2.24) is 0 Å². The van der Waals surface area contributed by atoms with Gasteiger partial charge in [0, 0.05) is 43.3 Å². The van der Waals surface area contributed by atoms with Gasteiger partial charge in [-0.3, -0.25) is 9.59 Å². The summed E-state index contributed by atoms with van der Waals surface area (Å²) < 4.78 is 19.2. The van der Waals surface area contributed by atoms with Crippen LogP contribution in [0.1, 0.15) is 68.2 Å². The predicted molar refractivity (Wildman–Crippen MR) is 186 cm³/mol. The zero-order valence-electron chi connectivity index (χ0n) is 29.2. The van der Waals surface area contributed by atoms with Crippen molar-refractivity contribution < 1.29 is 33.1 Å². The molecule has 1 fully saturated rings. The maximum Gasteiger partial charge on any atom is 0.303 e. The molecule has 47 heavy (non-hydrogen) atoms. The van der Waals surface area contributed by atoms with Gasteiger partial charge in [0.25, 0.3) is 8.32 Å². The molecule has 0 bridgehead atoms. The Kier molecular flexibility index (Phi) is 11.8. The number of hydrogen-bond donors (Lipinski definition) is 0. The van der Waals surface area contributed by atoms with Gasteiger partial charge in [-0.05, 0) is 51.9 Å². The van der Waals surface area contributed by atoms with Crippen LogP contribution >= 0.6 is 0 Å². The highest BCUT2D eigenvalue weighted by Gasteiger charge is 2.56. The van der Waals surface area contributed by atoms with Gasteiger partial charge in [0.2, 0.25) is 0 Å². The Morgan fingerprint density at radius 1 is 0.872 bits per heavy atom. The average Bonchev–Trinajstić information content (AvgIpc) is 3.03. The van der Waals surface area contributed by atoms with Gasteiger partial charge in [0.05, 0.1) is 0 Å². The second kappa shape index (κ2) is 15.2. The Bertz CT molecular complexity index is 1370. The van der Waals surface area contributed by atoms with E-state index in [0.717, 1.165) is 12.6 Å². The highest BCUT2D eigenvalue weighted by molar-refractivity contribution is 6.99. The van der Waals surface area contributed by atoms with Crippen LogP contribution in [0.5, 0.6) is 0 Å². The van der Waals surface area contributed by atoms with E-state index in [4.69, 9.17) is 13.9 Å². The molecule has 0 amide bonds. The Morgan fingerprint density at radius 3 is 1.89 bits per heavy atom. The lowest BCUT2D eigenvalue weighted by Gasteiger charge is -2.54. The molecule has 7 nitrogen and oxygen atoms in total. The van der Waals surface area contributed by atoms with Crippen LogP contribution in [-0.4, -0.2) is 51.6 Å². The summed E-state index contributed by atoms with van der Waals surface area (Å²) in [6, 6.07) is 21.0. The van der Waals surface area contributed by atoms with E-state index in [-0.39, 0.29) is 59.2 Å². The first kappa shape index (κ1) is 36.5. The average molecular weight is 661 g/mol. The molecule has 2 aromatic rings. The lowest BCUT2D eigenvalue weighted by Crippen LogP contribution is -2.68. The van der Waals surface area contributed by atoms with Gasteiger partial charge in [-0.2, -0.15) is 0 Å². The third-order valence-corrected chi connectivity index (χ3v) is 15.5. The van der Waals surface area contributed by atoms with E-state index in [9.17, 15) is 19.2 Å². The first-order valence-corrected chi connectivity index (χ1v) is 18.9. The van der Waals surface area contributed by atoms with Gasteiger partial charge >= 0.3 is 11.9 Å². The van der Waals surface area contributed by atoms with Crippen molar-refractivity contribution in [2.75, 3.05) is 6.61 Å². The molecule has 1 saturated carbocycles. The summed E-state index contributed by atoms with van der Waals surface area (Å²) in [5.74, 6) is -2.36. The molecule has 0 N–H and O–H groups in total. The molecule has 4 rings (SSSR count). The molecule has 8 heteroatoms. The van der Waals surface area contributed by atoms with Crippen LogP contribution in [0.4, 0.5) is 0 Å². The van der Waals surface area contributed by atoms with Gasteiger partial charge in [-0.25, -0.2) is 0 Å². The number of allylic oxidation sites excluding steroid dienone is 1. The lowest BCUT2D eigenvalue weighted by molar-refractivity contribution is -0.157. The number of fused-ring (bicyclic) bond motifs is 1. The molecule has 0 unspecified atom stereocenters. The molecule has 0 radical (unpaired) electrons. The predicted octanol–water partition coefficient (Wildman–Crippen LogP) is 5.93. The highest BCUT2D eigenvalue weighted by Crippen LogP contribution is 2.53. The van der Waals surface area contributed by atoms with E-state index in [1.807, 2.05) is 39.0 Å². The van der Waals surface area contributed by atoms with E-state index in [1.165, 1.54) is 24.2 Å². The maximum atomic E-state index is 12.8. The fraction of sp³-hybridized carbons (Fsp3) is 0.538. The monoisotopic (exact) mass is 660 g/mol. The second-order valence-corrected chi connectivity index (χ2v) is 19.1. The molecule has 0 saturated heterocycles. The number of carbonyl (C=O) groups is 4. The molecule has 2 aliphatic rings. The van der Waals surface area contributed by atoms with E-state index in [2.05, 4.69) is 69.3 Å². The van der Waals surface area contributed by atoms with Crippen LogP contribution in [0.25, 0.3) is 0 Å². The van der Waals surface area contributed by atoms with Crippen molar-refractivity contribution in [3.05, 3.63) is 72.3 Å². The summed E-state index contributed by atoms with van der Waals surface area (Å²) >= 11 is 0. The largest absolute Gasteiger partial charge is 0.461 e. The zero-order valence-corrected chi connectivity index (χ0v) is 30.2.